The SMILES string of the molecule is C[C@@H]1Oc2ccccc2[C@H]2CC(c3ccccc3)=NN12. The van der Waals surface area contributed by atoms with E-state index in [1.807, 2.05) is 18.2 Å². The molecule has 0 saturated carbocycles. The van der Waals surface area contributed by atoms with E-state index in [4.69, 9.17) is 9.84 Å². The van der Waals surface area contributed by atoms with Gasteiger partial charge in [0, 0.05) is 12.0 Å². The van der Waals surface area contributed by atoms with Gasteiger partial charge in [-0.2, -0.15) is 5.10 Å². The second-order valence-electron chi connectivity index (χ2n) is 5.27. The molecule has 0 unspecified atom stereocenters. The lowest BCUT2D eigenvalue weighted by atomic mass is 9.97. The number of para-hydroxylation sites is 1. The molecule has 3 nitrogen and oxygen atoms in total. The van der Waals surface area contributed by atoms with Crippen LogP contribution in [-0.2, 0) is 0 Å². The predicted octanol–water partition coefficient (Wildman–Crippen LogP) is 3.58. The Labute approximate surface area is 118 Å². The maximum Gasteiger partial charge on any atom is 0.185 e. The molecule has 2 aliphatic rings. The number of rotatable bonds is 1. The fraction of sp³-hybridized carbons (Fsp3) is 0.235. The molecule has 0 saturated heterocycles. The first-order chi connectivity index (χ1) is 9.83. The highest BCUT2D eigenvalue weighted by atomic mass is 16.5. The molecular formula is C17H16N2O. The fourth-order valence-electron chi connectivity index (χ4n) is 3.02. The second kappa shape index (κ2) is 4.37. The number of nitrogens with zero attached hydrogens (tertiary/aromatic N) is 2. The van der Waals surface area contributed by atoms with E-state index >= 15 is 0 Å². The normalized spacial score (nSPS) is 23.6. The molecule has 0 spiro atoms. The van der Waals surface area contributed by atoms with Crippen molar-refractivity contribution in [1.82, 2.24) is 5.01 Å². The molecule has 3 heteroatoms. The van der Waals surface area contributed by atoms with Crippen molar-refractivity contribution in [2.75, 3.05) is 0 Å². The van der Waals surface area contributed by atoms with Crippen molar-refractivity contribution in [1.29, 1.82) is 0 Å². The molecular weight excluding hydrogens is 248 g/mol. The number of benzene rings is 2. The summed E-state index contributed by atoms with van der Waals surface area (Å²) in [5.41, 5.74) is 3.58. The quantitative estimate of drug-likeness (QED) is 0.786. The average Bonchev–Trinajstić information content (AvgIpc) is 2.94. The van der Waals surface area contributed by atoms with Crippen molar-refractivity contribution in [3.8, 4) is 5.75 Å². The standard InChI is InChI=1S/C17H16N2O/c1-12-19-16(14-9-5-6-10-17(14)20-12)11-15(18-19)13-7-3-2-4-8-13/h2-10,12,16H,11H2,1H3/t12-,16+/m0/s1. The Hall–Kier alpha value is -2.29. The molecule has 2 atom stereocenters. The summed E-state index contributed by atoms with van der Waals surface area (Å²) in [5, 5.41) is 6.87. The molecule has 0 aromatic heterocycles. The molecule has 2 heterocycles. The van der Waals surface area contributed by atoms with Gasteiger partial charge in [-0.3, -0.25) is 5.01 Å². The molecule has 0 radical (unpaired) electrons. The zero-order valence-corrected chi connectivity index (χ0v) is 11.4. The first-order valence-corrected chi connectivity index (χ1v) is 7.00. The first kappa shape index (κ1) is 11.5. The van der Waals surface area contributed by atoms with E-state index in [2.05, 4.69) is 48.3 Å². The minimum absolute atomic E-state index is 0.0175. The average molecular weight is 264 g/mol. The second-order valence-corrected chi connectivity index (χ2v) is 5.27. The molecule has 0 aliphatic carbocycles. The Morgan fingerprint density at radius 2 is 1.80 bits per heavy atom. The predicted molar refractivity (Wildman–Crippen MR) is 78.7 cm³/mol. The van der Waals surface area contributed by atoms with Crippen LogP contribution in [0.25, 0.3) is 0 Å². The third-order valence-electron chi connectivity index (χ3n) is 4.00. The van der Waals surface area contributed by atoms with Crippen LogP contribution in [0.15, 0.2) is 59.7 Å². The van der Waals surface area contributed by atoms with Gasteiger partial charge < -0.3 is 4.74 Å². The zero-order chi connectivity index (χ0) is 13.5. The van der Waals surface area contributed by atoms with Gasteiger partial charge in [0.2, 0.25) is 0 Å². The minimum atomic E-state index is -0.0175. The number of hydrogen-bond donors (Lipinski definition) is 0. The fourth-order valence-corrected chi connectivity index (χ4v) is 3.02. The van der Waals surface area contributed by atoms with Crippen molar-refractivity contribution < 1.29 is 4.74 Å². The van der Waals surface area contributed by atoms with E-state index in [9.17, 15) is 0 Å². The number of hydrogen-bond acceptors (Lipinski definition) is 3. The van der Waals surface area contributed by atoms with Crippen molar-refractivity contribution in [2.24, 2.45) is 5.10 Å². The molecule has 0 amide bonds. The summed E-state index contributed by atoms with van der Waals surface area (Å²) in [7, 11) is 0. The Bertz CT molecular complexity index is 666. The summed E-state index contributed by atoms with van der Waals surface area (Å²) in [6.45, 7) is 2.06. The highest BCUT2D eigenvalue weighted by Gasteiger charge is 2.37. The van der Waals surface area contributed by atoms with Crippen LogP contribution in [0.2, 0.25) is 0 Å². The van der Waals surface area contributed by atoms with Crippen LogP contribution in [0.3, 0.4) is 0 Å². The largest absolute Gasteiger partial charge is 0.469 e. The van der Waals surface area contributed by atoms with Gasteiger partial charge in [-0.1, -0.05) is 48.5 Å². The van der Waals surface area contributed by atoms with E-state index in [-0.39, 0.29) is 6.23 Å². The van der Waals surface area contributed by atoms with Crippen molar-refractivity contribution >= 4 is 5.71 Å². The maximum absolute atomic E-state index is 5.95. The molecule has 20 heavy (non-hydrogen) atoms. The Morgan fingerprint density at radius 3 is 2.65 bits per heavy atom. The van der Waals surface area contributed by atoms with Crippen LogP contribution in [0.5, 0.6) is 5.75 Å². The number of ether oxygens (including phenoxy) is 1. The van der Waals surface area contributed by atoms with Gasteiger partial charge in [0.1, 0.15) is 5.75 Å². The molecule has 2 aromatic carbocycles. The Balaban J connectivity index is 1.74. The molecule has 0 fully saturated rings. The molecule has 0 N–H and O–H groups in total. The van der Waals surface area contributed by atoms with Crippen molar-refractivity contribution in [3.05, 3.63) is 65.7 Å². The van der Waals surface area contributed by atoms with Gasteiger partial charge in [0.25, 0.3) is 0 Å². The zero-order valence-electron chi connectivity index (χ0n) is 11.4. The highest BCUT2D eigenvalue weighted by Crippen LogP contribution is 2.42. The summed E-state index contributed by atoms with van der Waals surface area (Å²) in [4.78, 5) is 0. The Kier molecular flexibility index (Phi) is 2.52. The molecule has 0 bridgehead atoms. The van der Waals surface area contributed by atoms with Crippen molar-refractivity contribution in [2.45, 2.75) is 25.6 Å². The number of fused-ring (bicyclic) bond motifs is 3. The van der Waals surface area contributed by atoms with Crippen LogP contribution in [0, 0.1) is 0 Å². The van der Waals surface area contributed by atoms with E-state index in [0.717, 1.165) is 17.9 Å². The third kappa shape index (κ3) is 1.70. The van der Waals surface area contributed by atoms with Crippen LogP contribution in [0.1, 0.15) is 30.5 Å². The van der Waals surface area contributed by atoms with E-state index in [1.54, 1.807) is 0 Å². The third-order valence-corrected chi connectivity index (χ3v) is 4.00. The first-order valence-electron chi connectivity index (χ1n) is 7.00. The molecule has 100 valence electrons. The lowest BCUT2D eigenvalue weighted by molar-refractivity contribution is -0.00334. The van der Waals surface area contributed by atoms with Gasteiger partial charge in [-0.15, -0.1) is 0 Å². The summed E-state index contributed by atoms with van der Waals surface area (Å²) >= 11 is 0. The monoisotopic (exact) mass is 264 g/mol. The van der Waals surface area contributed by atoms with Gasteiger partial charge >= 0.3 is 0 Å². The van der Waals surface area contributed by atoms with Crippen LogP contribution in [0.4, 0.5) is 0 Å². The Morgan fingerprint density at radius 1 is 1.05 bits per heavy atom. The molecule has 2 aliphatic heterocycles. The lowest BCUT2D eigenvalue weighted by Gasteiger charge is -2.36. The molecule has 2 aromatic rings. The smallest absolute Gasteiger partial charge is 0.185 e. The topological polar surface area (TPSA) is 24.8 Å². The van der Waals surface area contributed by atoms with Gasteiger partial charge in [-0.25, -0.2) is 0 Å². The number of hydrazone groups is 1. The summed E-state index contributed by atoms with van der Waals surface area (Å²) in [6.07, 6.45) is 0.922. The maximum atomic E-state index is 5.95. The van der Waals surface area contributed by atoms with Crippen LogP contribution < -0.4 is 4.74 Å². The lowest BCUT2D eigenvalue weighted by Crippen LogP contribution is -2.37. The van der Waals surface area contributed by atoms with Crippen LogP contribution in [-0.4, -0.2) is 16.9 Å². The van der Waals surface area contributed by atoms with E-state index in [0.29, 0.717) is 6.04 Å². The van der Waals surface area contributed by atoms with Gasteiger partial charge in [0.05, 0.1) is 11.8 Å². The van der Waals surface area contributed by atoms with E-state index in [1.165, 1.54) is 11.1 Å². The summed E-state index contributed by atoms with van der Waals surface area (Å²) < 4.78 is 5.95. The minimum Gasteiger partial charge on any atom is -0.469 e. The summed E-state index contributed by atoms with van der Waals surface area (Å²) in [6, 6.07) is 19.0. The highest BCUT2D eigenvalue weighted by molar-refractivity contribution is 6.01. The van der Waals surface area contributed by atoms with E-state index < -0.39 is 0 Å². The molecule has 4 rings (SSSR count). The summed E-state index contributed by atoms with van der Waals surface area (Å²) in [5.74, 6) is 0.991. The van der Waals surface area contributed by atoms with Crippen LogP contribution >= 0.6 is 0 Å². The van der Waals surface area contributed by atoms with Gasteiger partial charge in [-0.05, 0) is 18.6 Å². The van der Waals surface area contributed by atoms with Crippen molar-refractivity contribution in [3.63, 3.8) is 0 Å². The van der Waals surface area contributed by atoms with Gasteiger partial charge in [0.15, 0.2) is 6.23 Å².